The maximum Gasteiger partial charge on any atom is 0.228 e. The van der Waals surface area contributed by atoms with E-state index >= 15 is 0 Å². The molecule has 18 heavy (non-hydrogen) atoms. The zero-order valence-corrected chi connectivity index (χ0v) is 11.6. The van der Waals surface area contributed by atoms with Crippen LogP contribution in [0.3, 0.4) is 0 Å². The fourth-order valence-corrected chi connectivity index (χ4v) is 4.22. The quantitative estimate of drug-likeness (QED) is 0.773. The Morgan fingerprint density at radius 1 is 1.06 bits per heavy atom. The third-order valence-corrected chi connectivity index (χ3v) is 5.61. The maximum absolute atomic E-state index is 12.7. The van der Waals surface area contributed by atoms with Crippen molar-refractivity contribution in [2.75, 3.05) is 26.2 Å². The second kappa shape index (κ2) is 4.52. The van der Waals surface area contributed by atoms with Crippen molar-refractivity contribution in [2.45, 2.75) is 51.9 Å². The van der Waals surface area contributed by atoms with Crippen LogP contribution >= 0.6 is 0 Å². The molecule has 0 aromatic carbocycles. The Hall–Kier alpha value is -0.570. The zero-order chi connectivity index (χ0) is 12.6. The summed E-state index contributed by atoms with van der Waals surface area (Å²) in [6.45, 7) is 6.51. The molecule has 2 saturated heterocycles. The van der Waals surface area contributed by atoms with E-state index in [-0.39, 0.29) is 5.41 Å². The molecule has 0 aromatic heterocycles. The van der Waals surface area contributed by atoms with Crippen LogP contribution in [0.25, 0.3) is 0 Å². The second-order valence-corrected chi connectivity index (χ2v) is 6.99. The Labute approximate surface area is 110 Å². The molecule has 1 aliphatic carbocycles. The van der Waals surface area contributed by atoms with Crippen molar-refractivity contribution in [3.63, 3.8) is 0 Å². The number of carbonyl (C=O) groups excluding carboxylic acids is 1. The Balaban J connectivity index is 1.66. The third kappa shape index (κ3) is 2.07. The molecule has 1 N–H and O–H groups in total. The molecule has 1 amide bonds. The fraction of sp³-hybridized carbons (Fsp3) is 0.933. The maximum atomic E-state index is 12.7. The van der Waals surface area contributed by atoms with Crippen molar-refractivity contribution in [3.8, 4) is 0 Å². The van der Waals surface area contributed by atoms with Gasteiger partial charge in [-0.15, -0.1) is 0 Å². The first kappa shape index (κ1) is 12.5. The largest absolute Gasteiger partial charge is 0.342 e. The topological polar surface area (TPSA) is 32.3 Å². The van der Waals surface area contributed by atoms with Gasteiger partial charge in [0.05, 0.1) is 0 Å². The SMILES string of the molecule is CC1(C(=O)N2CCC3(CCNCC3)C2)CCCC1. The Morgan fingerprint density at radius 2 is 1.72 bits per heavy atom. The van der Waals surface area contributed by atoms with E-state index in [2.05, 4.69) is 17.1 Å². The second-order valence-electron chi connectivity index (χ2n) is 6.99. The highest BCUT2D eigenvalue weighted by atomic mass is 16.2. The van der Waals surface area contributed by atoms with Crippen molar-refractivity contribution in [1.82, 2.24) is 10.2 Å². The minimum Gasteiger partial charge on any atom is -0.342 e. The summed E-state index contributed by atoms with van der Waals surface area (Å²) >= 11 is 0. The summed E-state index contributed by atoms with van der Waals surface area (Å²) in [5.74, 6) is 0.454. The van der Waals surface area contributed by atoms with Crippen LogP contribution in [-0.2, 0) is 4.79 Å². The molecule has 0 unspecified atom stereocenters. The van der Waals surface area contributed by atoms with Crippen LogP contribution < -0.4 is 5.32 Å². The van der Waals surface area contributed by atoms with Crippen molar-refractivity contribution < 1.29 is 4.79 Å². The lowest BCUT2D eigenvalue weighted by Gasteiger charge is -2.35. The lowest BCUT2D eigenvalue weighted by molar-refractivity contribution is -0.140. The number of rotatable bonds is 1. The van der Waals surface area contributed by atoms with E-state index in [1.165, 1.54) is 32.1 Å². The van der Waals surface area contributed by atoms with Gasteiger partial charge in [-0.05, 0) is 50.6 Å². The van der Waals surface area contributed by atoms with Crippen LogP contribution in [0.2, 0.25) is 0 Å². The first-order chi connectivity index (χ1) is 8.64. The average molecular weight is 250 g/mol. The highest BCUT2D eigenvalue weighted by Gasteiger charge is 2.45. The van der Waals surface area contributed by atoms with E-state index < -0.39 is 0 Å². The first-order valence-electron chi connectivity index (χ1n) is 7.64. The van der Waals surface area contributed by atoms with Crippen LogP contribution in [0.15, 0.2) is 0 Å². The van der Waals surface area contributed by atoms with Crippen molar-refractivity contribution in [2.24, 2.45) is 10.8 Å². The molecule has 3 heteroatoms. The minimum absolute atomic E-state index is 0.0293. The molecule has 2 heterocycles. The number of hydrogen-bond acceptors (Lipinski definition) is 2. The summed E-state index contributed by atoms with van der Waals surface area (Å²) in [6, 6.07) is 0. The molecule has 1 spiro atoms. The van der Waals surface area contributed by atoms with Gasteiger partial charge in [-0.1, -0.05) is 19.8 Å². The van der Waals surface area contributed by atoms with Crippen LogP contribution in [0.1, 0.15) is 51.9 Å². The number of nitrogens with zero attached hydrogens (tertiary/aromatic N) is 1. The van der Waals surface area contributed by atoms with Gasteiger partial charge < -0.3 is 10.2 Å². The smallest absolute Gasteiger partial charge is 0.228 e. The lowest BCUT2D eigenvalue weighted by atomic mass is 9.78. The summed E-state index contributed by atoms with van der Waals surface area (Å²) in [7, 11) is 0. The number of amides is 1. The molecule has 0 aromatic rings. The molecule has 3 aliphatic rings. The average Bonchev–Trinajstić information content (AvgIpc) is 2.98. The Kier molecular flexibility index (Phi) is 3.13. The highest BCUT2D eigenvalue weighted by molar-refractivity contribution is 5.83. The number of nitrogens with one attached hydrogen (secondary N) is 1. The van der Waals surface area contributed by atoms with Gasteiger partial charge in [-0.2, -0.15) is 0 Å². The van der Waals surface area contributed by atoms with E-state index in [9.17, 15) is 4.79 Å². The third-order valence-electron chi connectivity index (χ3n) is 5.61. The molecule has 0 bridgehead atoms. The number of carbonyl (C=O) groups is 1. The standard InChI is InChI=1S/C15H26N2O/c1-14(4-2-3-5-14)13(18)17-11-8-15(12-17)6-9-16-10-7-15/h16H,2-12H2,1H3. The summed E-state index contributed by atoms with van der Waals surface area (Å²) in [4.78, 5) is 14.9. The number of piperidine rings is 1. The van der Waals surface area contributed by atoms with Gasteiger partial charge in [0.25, 0.3) is 0 Å². The predicted octanol–water partition coefficient (Wildman–Crippen LogP) is 2.17. The van der Waals surface area contributed by atoms with Crippen LogP contribution in [-0.4, -0.2) is 37.0 Å². The molecular formula is C15H26N2O. The summed E-state index contributed by atoms with van der Waals surface area (Å²) in [5, 5.41) is 3.44. The minimum atomic E-state index is -0.0293. The van der Waals surface area contributed by atoms with Gasteiger partial charge in [0.1, 0.15) is 0 Å². The molecule has 3 nitrogen and oxygen atoms in total. The number of hydrogen-bond donors (Lipinski definition) is 1. The predicted molar refractivity (Wildman–Crippen MR) is 72.3 cm³/mol. The normalized spacial score (nSPS) is 29.9. The van der Waals surface area contributed by atoms with Crippen molar-refractivity contribution in [1.29, 1.82) is 0 Å². The molecule has 0 radical (unpaired) electrons. The van der Waals surface area contributed by atoms with Crippen molar-refractivity contribution in [3.05, 3.63) is 0 Å². The summed E-state index contributed by atoms with van der Waals surface area (Å²) in [5.41, 5.74) is 0.425. The molecule has 2 aliphatic heterocycles. The van der Waals surface area contributed by atoms with Gasteiger partial charge in [0.2, 0.25) is 5.91 Å². The molecule has 3 fully saturated rings. The number of likely N-dealkylation sites (tertiary alicyclic amines) is 1. The van der Waals surface area contributed by atoms with Crippen molar-refractivity contribution >= 4 is 5.91 Å². The fourth-order valence-electron chi connectivity index (χ4n) is 4.22. The summed E-state index contributed by atoms with van der Waals surface area (Å²) < 4.78 is 0. The van der Waals surface area contributed by atoms with Crippen LogP contribution in [0.5, 0.6) is 0 Å². The molecule has 102 valence electrons. The summed E-state index contributed by atoms with van der Waals surface area (Å²) in [6.07, 6.45) is 8.45. The zero-order valence-electron chi connectivity index (χ0n) is 11.6. The van der Waals surface area contributed by atoms with E-state index in [0.29, 0.717) is 11.3 Å². The Morgan fingerprint density at radius 3 is 2.39 bits per heavy atom. The van der Waals surface area contributed by atoms with Gasteiger partial charge >= 0.3 is 0 Å². The van der Waals surface area contributed by atoms with Gasteiger partial charge in [-0.25, -0.2) is 0 Å². The molecule has 3 rings (SSSR count). The van der Waals surface area contributed by atoms with E-state index in [0.717, 1.165) is 39.0 Å². The van der Waals surface area contributed by atoms with Crippen LogP contribution in [0.4, 0.5) is 0 Å². The van der Waals surface area contributed by atoms with E-state index in [1.807, 2.05) is 0 Å². The molecule has 0 atom stereocenters. The van der Waals surface area contributed by atoms with Gasteiger partial charge in [0, 0.05) is 18.5 Å². The first-order valence-corrected chi connectivity index (χ1v) is 7.64. The lowest BCUT2D eigenvalue weighted by Crippen LogP contribution is -2.43. The highest BCUT2D eigenvalue weighted by Crippen LogP contribution is 2.44. The van der Waals surface area contributed by atoms with Gasteiger partial charge in [0.15, 0.2) is 0 Å². The molecule has 1 saturated carbocycles. The van der Waals surface area contributed by atoms with Gasteiger partial charge in [-0.3, -0.25) is 4.79 Å². The molecular weight excluding hydrogens is 224 g/mol. The van der Waals surface area contributed by atoms with Crippen LogP contribution in [0, 0.1) is 10.8 Å². The monoisotopic (exact) mass is 250 g/mol. The van der Waals surface area contributed by atoms with E-state index in [1.54, 1.807) is 0 Å². The van der Waals surface area contributed by atoms with E-state index in [4.69, 9.17) is 0 Å². The Bertz CT molecular complexity index is 327.